The summed E-state index contributed by atoms with van der Waals surface area (Å²) in [6.07, 6.45) is 0. The lowest BCUT2D eigenvalue weighted by Gasteiger charge is -2.20. The summed E-state index contributed by atoms with van der Waals surface area (Å²) in [6, 6.07) is 79.3. The van der Waals surface area contributed by atoms with Crippen molar-refractivity contribution in [1.29, 1.82) is 10.5 Å². The van der Waals surface area contributed by atoms with Crippen molar-refractivity contribution in [3.05, 3.63) is 230 Å². The van der Waals surface area contributed by atoms with Gasteiger partial charge in [-0.05, 0) is 72.3 Å². The molecule has 0 bridgehead atoms. The number of para-hydroxylation sites is 2. The molecule has 8 aromatic carbocycles. The molecule has 12 rings (SSSR count). The zero-order valence-electron chi connectivity index (χ0n) is 35.5. The first kappa shape index (κ1) is 38.3. The molecule has 0 unspecified atom stereocenters. The van der Waals surface area contributed by atoms with Gasteiger partial charge in [-0.2, -0.15) is 10.5 Å². The third kappa shape index (κ3) is 6.33. The predicted octanol–water partition coefficient (Wildman–Crippen LogP) is 14.7. The Morgan fingerprint density at radius 1 is 0.333 bits per heavy atom. The quantitative estimate of drug-likeness (QED) is 0.160. The van der Waals surface area contributed by atoms with Crippen LogP contribution in [0.25, 0.3) is 111 Å². The lowest BCUT2D eigenvalue weighted by molar-refractivity contribution is 1.12. The van der Waals surface area contributed by atoms with E-state index in [2.05, 4.69) is 143 Å². The van der Waals surface area contributed by atoms with E-state index in [9.17, 15) is 10.5 Å². The largest absolute Gasteiger partial charge is 0.308 e. The van der Waals surface area contributed by atoms with E-state index in [0.29, 0.717) is 11.1 Å². The van der Waals surface area contributed by atoms with Crippen molar-refractivity contribution in [1.82, 2.24) is 19.1 Å². The number of pyridine rings is 2. The number of hydrogen-bond acceptors (Lipinski definition) is 4. The van der Waals surface area contributed by atoms with Gasteiger partial charge in [0.25, 0.3) is 0 Å². The Morgan fingerprint density at radius 2 is 0.803 bits per heavy atom. The second-order valence-electron chi connectivity index (χ2n) is 16.4. The van der Waals surface area contributed by atoms with E-state index >= 15 is 0 Å². The van der Waals surface area contributed by atoms with Gasteiger partial charge >= 0.3 is 0 Å². The van der Waals surface area contributed by atoms with Gasteiger partial charge < -0.3 is 9.13 Å². The third-order valence-corrected chi connectivity index (χ3v) is 12.6. The van der Waals surface area contributed by atoms with Gasteiger partial charge in [0.05, 0.1) is 67.8 Å². The van der Waals surface area contributed by atoms with E-state index in [-0.39, 0.29) is 0 Å². The third-order valence-electron chi connectivity index (χ3n) is 12.6. The van der Waals surface area contributed by atoms with E-state index in [0.717, 1.165) is 111 Å². The van der Waals surface area contributed by atoms with Crippen LogP contribution in [-0.4, -0.2) is 19.1 Å². The van der Waals surface area contributed by atoms with Crippen LogP contribution < -0.4 is 0 Å². The molecule has 0 radical (unpaired) electrons. The molecule has 0 spiro atoms. The fourth-order valence-corrected chi connectivity index (χ4v) is 9.59. The minimum absolute atomic E-state index is 0.490. The molecule has 0 N–H and O–H groups in total. The number of fused-ring (bicyclic) bond motifs is 6. The maximum absolute atomic E-state index is 11.8. The van der Waals surface area contributed by atoms with Gasteiger partial charge in [-0.1, -0.05) is 152 Å². The van der Waals surface area contributed by atoms with Crippen LogP contribution in [0.1, 0.15) is 11.1 Å². The van der Waals surface area contributed by atoms with Crippen molar-refractivity contribution in [3.8, 4) is 79.7 Å². The first-order chi connectivity index (χ1) is 32.6. The molecule has 0 aliphatic heterocycles. The average molecular weight is 841 g/mol. The number of hydrogen-bond donors (Lipinski definition) is 0. The zero-order valence-corrected chi connectivity index (χ0v) is 35.5. The van der Waals surface area contributed by atoms with Gasteiger partial charge in [-0.25, -0.2) is 9.97 Å². The molecule has 0 saturated heterocycles. The van der Waals surface area contributed by atoms with Crippen LogP contribution in [0.5, 0.6) is 0 Å². The molecule has 4 aromatic heterocycles. The van der Waals surface area contributed by atoms with E-state index in [4.69, 9.17) is 9.97 Å². The maximum atomic E-state index is 11.8. The highest BCUT2D eigenvalue weighted by Gasteiger charge is 2.25. The van der Waals surface area contributed by atoms with E-state index in [1.54, 1.807) is 0 Å². The minimum atomic E-state index is 0.490. The normalized spacial score (nSPS) is 11.3. The zero-order chi connectivity index (χ0) is 44.1. The van der Waals surface area contributed by atoms with Gasteiger partial charge in [-0.15, -0.1) is 0 Å². The number of benzene rings is 8. The summed E-state index contributed by atoms with van der Waals surface area (Å²) in [5.41, 5.74) is 15.5. The first-order valence-electron chi connectivity index (χ1n) is 21.9. The molecule has 12 aromatic rings. The molecule has 6 heteroatoms. The van der Waals surface area contributed by atoms with Crippen molar-refractivity contribution < 1.29 is 0 Å². The number of nitrogens with zero attached hydrogens (tertiary/aromatic N) is 6. The number of nitriles is 2. The molecule has 4 heterocycles. The lowest BCUT2D eigenvalue weighted by atomic mass is 9.96. The summed E-state index contributed by atoms with van der Waals surface area (Å²) in [5.74, 6) is 0. The van der Waals surface area contributed by atoms with Crippen molar-refractivity contribution in [2.45, 2.75) is 0 Å². The average Bonchev–Trinajstić information content (AvgIpc) is 3.90. The second kappa shape index (κ2) is 15.8. The molecule has 0 aliphatic rings. The Kier molecular flexibility index (Phi) is 9.16. The van der Waals surface area contributed by atoms with E-state index < -0.39 is 0 Å². The smallest absolute Gasteiger partial charge is 0.104 e. The van der Waals surface area contributed by atoms with Crippen molar-refractivity contribution in [2.75, 3.05) is 0 Å². The standard InChI is InChI=1S/C60H36N6/c61-37-39-14-11-19-42(34-39)45-32-33-57(65-55-26-9-7-20-46(55)48-30-28-43(35-58(48)65)53-24-12-22-51(63-53)40-15-3-1-4-16-40)50(38-62)60(45)66-56-27-10-8-21-47(56)49-31-29-44(36-59(49)66)54-25-13-23-52(64-54)41-17-5-2-6-18-41/h1-36H. The molecule has 66 heavy (non-hydrogen) atoms. The summed E-state index contributed by atoms with van der Waals surface area (Å²) >= 11 is 0. The highest BCUT2D eigenvalue weighted by Crippen LogP contribution is 2.43. The monoisotopic (exact) mass is 840 g/mol. The molecule has 0 saturated carbocycles. The molecular formula is C60H36N6. The van der Waals surface area contributed by atoms with Crippen molar-refractivity contribution in [3.63, 3.8) is 0 Å². The van der Waals surface area contributed by atoms with Crippen molar-refractivity contribution in [2.24, 2.45) is 0 Å². The Morgan fingerprint density at radius 3 is 1.36 bits per heavy atom. The summed E-state index contributed by atoms with van der Waals surface area (Å²) in [6.45, 7) is 0. The van der Waals surface area contributed by atoms with E-state index in [1.807, 2.05) is 97.1 Å². The summed E-state index contributed by atoms with van der Waals surface area (Å²) < 4.78 is 4.47. The minimum Gasteiger partial charge on any atom is -0.308 e. The fraction of sp³-hybridized carbons (Fsp3) is 0. The Labute approximate surface area is 380 Å². The Bertz CT molecular complexity index is 3960. The summed E-state index contributed by atoms with van der Waals surface area (Å²) in [4.78, 5) is 10.3. The predicted molar refractivity (Wildman–Crippen MR) is 267 cm³/mol. The number of aromatic nitrogens is 4. The summed E-state index contributed by atoms with van der Waals surface area (Å²) in [5, 5.41) is 26.1. The molecule has 0 aliphatic carbocycles. The topological polar surface area (TPSA) is 83.2 Å². The van der Waals surface area contributed by atoms with Gasteiger partial charge in [0.15, 0.2) is 0 Å². The van der Waals surface area contributed by atoms with E-state index in [1.165, 1.54) is 0 Å². The van der Waals surface area contributed by atoms with Gasteiger partial charge in [-0.3, -0.25) is 0 Å². The highest BCUT2D eigenvalue weighted by molar-refractivity contribution is 6.12. The van der Waals surface area contributed by atoms with Gasteiger partial charge in [0.2, 0.25) is 0 Å². The van der Waals surface area contributed by atoms with Crippen LogP contribution in [-0.2, 0) is 0 Å². The second-order valence-corrected chi connectivity index (χ2v) is 16.4. The van der Waals surface area contributed by atoms with Crippen LogP contribution in [0, 0.1) is 22.7 Å². The highest BCUT2D eigenvalue weighted by atomic mass is 15.0. The van der Waals surface area contributed by atoms with Crippen LogP contribution in [0.15, 0.2) is 218 Å². The fourth-order valence-electron chi connectivity index (χ4n) is 9.59. The van der Waals surface area contributed by atoms with Crippen molar-refractivity contribution >= 4 is 43.6 Å². The molecule has 0 fully saturated rings. The number of rotatable bonds is 7. The molecule has 306 valence electrons. The first-order valence-corrected chi connectivity index (χ1v) is 21.9. The van der Waals surface area contributed by atoms with Crippen LogP contribution in [0.2, 0.25) is 0 Å². The molecule has 0 amide bonds. The van der Waals surface area contributed by atoms with Gasteiger partial charge in [0, 0.05) is 49.4 Å². The lowest BCUT2D eigenvalue weighted by Crippen LogP contribution is -2.06. The van der Waals surface area contributed by atoms with Crippen LogP contribution in [0.3, 0.4) is 0 Å². The Hall–Kier alpha value is -9.36. The van der Waals surface area contributed by atoms with Gasteiger partial charge in [0.1, 0.15) is 11.6 Å². The molecule has 6 nitrogen and oxygen atoms in total. The van der Waals surface area contributed by atoms with Crippen LogP contribution in [0.4, 0.5) is 0 Å². The maximum Gasteiger partial charge on any atom is 0.104 e. The molecular weight excluding hydrogens is 805 g/mol. The molecule has 0 atom stereocenters. The van der Waals surface area contributed by atoms with Crippen LogP contribution >= 0.6 is 0 Å². The SMILES string of the molecule is N#Cc1cccc(-c2ccc(-n3c4ccccc4c4ccc(-c5cccc(-c6ccccc6)n5)cc43)c(C#N)c2-n2c3ccccc3c3ccc(-c4cccc(-c5ccccc5)n4)cc32)c1. The Balaban J connectivity index is 1.14. The summed E-state index contributed by atoms with van der Waals surface area (Å²) in [7, 11) is 0.